The molecule has 0 N–H and O–H groups in total. The van der Waals surface area contributed by atoms with Crippen LogP contribution in [0.1, 0.15) is 0 Å². The summed E-state index contributed by atoms with van der Waals surface area (Å²) in [6, 6.07) is 11.6. The van der Waals surface area contributed by atoms with Gasteiger partial charge >= 0.3 is 0 Å². The summed E-state index contributed by atoms with van der Waals surface area (Å²) >= 11 is 19.9. The van der Waals surface area contributed by atoms with Crippen molar-refractivity contribution in [2.24, 2.45) is 0 Å². The lowest BCUT2D eigenvalue weighted by Gasteiger charge is -2.08. The molecule has 88 valence electrons. The quantitative estimate of drug-likeness (QED) is 0.482. The van der Waals surface area contributed by atoms with Crippen LogP contribution in [0.25, 0.3) is 11.1 Å². The average Bonchev–Trinajstić information content (AvgIpc) is 2.34. The molecule has 0 fully saturated rings. The number of rotatable bonds is 2. The molecule has 0 saturated carbocycles. The summed E-state index contributed by atoms with van der Waals surface area (Å²) in [5, 5.41) is 1.60. The molecule has 0 amide bonds. The van der Waals surface area contributed by atoms with Gasteiger partial charge in [0.1, 0.15) is 0 Å². The van der Waals surface area contributed by atoms with Crippen LogP contribution in [-0.4, -0.2) is 6.26 Å². The van der Waals surface area contributed by atoms with Crippen LogP contribution in [0, 0.1) is 0 Å². The molecule has 0 nitrogen and oxygen atoms in total. The van der Waals surface area contributed by atoms with Crippen molar-refractivity contribution in [1.29, 1.82) is 0 Å². The van der Waals surface area contributed by atoms with Gasteiger partial charge in [-0.05, 0) is 36.1 Å². The van der Waals surface area contributed by atoms with Crippen molar-refractivity contribution in [3.05, 3.63) is 51.5 Å². The number of thioether (sulfide) groups is 1. The highest BCUT2D eigenvalue weighted by Gasteiger charge is 2.09. The Balaban J connectivity index is 2.59. The SMILES string of the molecule is CSc1cccc(-c2cc(Cl)cc(Cl)c2Cl)c1. The van der Waals surface area contributed by atoms with Gasteiger partial charge in [-0.25, -0.2) is 0 Å². The van der Waals surface area contributed by atoms with E-state index in [2.05, 4.69) is 6.07 Å². The maximum absolute atomic E-state index is 6.20. The minimum absolute atomic E-state index is 0.476. The molecule has 0 aliphatic carbocycles. The molecule has 0 atom stereocenters. The summed E-state index contributed by atoms with van der Waals surface area (Å²) in [4.78, 5) is 1.18. The normalized spacial score (nSPS) is 10.6. The van der Waals surface area contributed by atoms with Gasteiger partial charge in [-0.1, -0.05) is 46.9 Å². The van der Waals surface area contributed by atoms with Crippen molar-refractivity contribution < 1.29 is 0 Å². The predicted molar refractivity (Wildman–Crippen MR) is 78.7 cm³/mol. The summed E-state index contributed by atoms with van der Waals surface area (Å²) in [6.45, 7) is 0. The Morgan fingerprint density at radius 1 is 1.00 bits per heavy atom. The minimum Gasteiger partial charge on any atom is -0.130 e. The molecule has 17 heavy (non-hydrogen) atoms. The molecule has 0 aromatic heterocycles. The molecular weight excluding hydrogens is 295 g/mol. The lowest BCUT2D eigenvalue weighted by Crippen LogP contribution is -1.82. The lowest BCUT2D eigenvalue weighted by molar-refractivity contribution is 1.46. The van der Waals surface area contributed by atoms with Crippen LogP contribution in [0.3, 0.4) is 0 Å². The van der Waals surface area contributed by atoms with Crippen LogP contribution in [0.5, 0.6) is 0 Å². The van der Waals surface area contributed by atoms with E-state index < -0.39 is 0 Å². The second-order valence-electron chi connectivity index (χ2n) is 3.48. The first-order valence-electron chi connectivity index (χ1n) is 4.91. The van der Waals surface area contributed by atoms with E-state index in [1.54, 1.807) is 17.8 Å². The van der Waals surface area contributed by atoms with Gasteiger partial charge in [0.25, 0.3) is 0 Å². The molecule has 2 rings (SSSR count). The van der Waals surface area contributed by atoms with Crippen molar-refractivity contribution in [1.82, 2.24) is 0 Å². The van der Waals surface area contributed by atoms with E-state index in [1.165, 1.54) is 4.90 Å². The van der Waals surface area contributed by atoms with Gasteiger partial charge in [0.2, 0.25) is 0 Å². The van der Waals surface area contributed by atoms with Crippen LogP contribution >= 0.6 is 46.6 Å². The van der Waals surface area contributed by atoms with Crippen LogP contribution in [0.2, 0.25) is 15.1 Å². The number of benzene rings is 2. The first-order valence-corrected chi connectivity index (χ1v) is 7.26. The lowest BCUT2D eigenvalue weighted by atomic mass is 10.1. The summed E-state index contributed by atoms with van der Waals surface area (Å²) in [5.41, 5.74) is 1.88. The zero-order valence-corrected chi connectivity index (χ0v) is 12.1. The Bertz CT molecular complexity index is 552. The molecule has 0 aliphatic heterocycles. The molecule has 2 aromatic rings. The van der Waals surface area contributed by atoms with Crippen molar-refractivity contribution in [3.8, 4) is 11.1 Å². The Hall–Kier alpha value is -0.340. The van der Waals surface area contributed by atoms with Gasteiger partial charge in [0.05, 0.1) is 10.0 Å². The Kier molecular flexibility index (Phi) is 4.26. The van der Waals surface area contributed by atoms with E-state index in [0.29, 0.717) is 15.1 Å². The fraction of sp³-hybridized carbons (Fsp3) is 0.0769. The second kappa shape index (κ2) is 5.53. The van der Waals surface area contributed by atoms with Crippen molar-refractivity contribution in [3.63, 3.8) is 0 Å². The zero-order valence-electron chi connectivity index (χ0n) is 9.01. The molecule has 2 aromatic carbocycles. The van der Waals surface area contributed by atoms with Crippen molar-refractivity contribution in [2.45, 2.75) is 4.90 Å². The van der Waals surface area contributed by atoms with Crippen molar-refractivity contribution >= 4 is 46.6 Å². The van der Waals surface area contributed by atoms with Gasteiger partial charge in [-0.15, -0.1) is 11.8 Å². The van der Waals surface area contributed by atoms with Gasteiger partial charge < -0.3 is 0 Å². The summed E-state index contributed by atoms with van der Waals surface area (Å²) in [6.07, 6.45) is 2.03. The highest BCUT2D eigenvalue weighted by atomic mass is 35.5. The molecule has 0 unspecified atom stereocenters. The van der Waals surface area contributed by atoms with Crippen molar-refractivity contribution in [2.75, 3.05) is 6.26 Å². The Morgan fingerprint density at radius 3 is 2.47 bits per heavy atom. The third kappa shape index (κ3) is 2.92. The maximum Gasteiger partial charge on any atom is 0.0671 e. The van der Waals surface area contributed by atoms with E-state index in [0.717, 1.165) is 11.1 Å². The first kappa shape index (κ1) is 13.1. The van der Waals surface area contributed by atoms with Crippen LogP contribution in [-0.2, 0) is 0 Å². The van der Waals surface area contributed by atoms with Crippen LogP contribution in [0.15, 0.2) is 41.3 Å². The van der Waals surface area contributed by atoms with Gasteiger partial charge in [0, 0.05) is 15.5 Å². The minimum atomic E-state index is 0.476. The molecule has 0 heterocycles. The molecule has 0 saturated heterocycles. The molecule has 4 heteroatoms. The van der Waals surface area contributed by atoms with Gasteiger partial charge in [0.15, 0.2) is 0 Å². The Morgan fingerprint density at radius 2 is 1.76 bits per heavy atom. The van der Waals surface area contributed by atoms with E-state index >= 15 is 0 Å². The fourth-order valence-electron chi connectivity index (χ4n) is 1.56. The molecule has 0 radical (unpaired) electrons. The predicted octanol–water partition coefficient (Wildman–Crippen LogP) is 6.04. The number of hydrogen-bond donors (Lipinski definition) is 0. The maximum atomic E-state index is 6.20. The van der Waals surface area contributed by atoms with E-state index in [1.807, 2.05) is 30.5 Å². The van der Waals surface area contributed by atoms with E-state index in [4.69, 9.17) is 34.8 Å². The monoisotopic (exact) mass is 302 g/mol. The van der Waals surface area contributed by atoms with Crippen LogP contribution < -0.4 is 0 Å². The van der Waals surface area contributed by atoms with Crippen LogP contribution in [0.4, 0.5) is 0 Å². The third-order valence-corrected chi connectivity index (χ3v) is 4.12. The Labute approximate surface area is 120 Å². The smallest absolute Gasteiger partial charge is 0.0671 e. The molecule has 0 spiro atoms. The molecular formula is C13H9Cl3S. The number of halogens is 3. The van der Waals surface area contributed by atoms with E-state index in [-0.39, 0.29) is 0 Å². The summed E-state index contributed by atoms with van der Waals surface area (Å²) in [5.74, 6) is 0. The largest absolute Gasteiger partial charge is 0.130 e. The highest BCUT2D eigenvalue weighted by Crippen LogP contribution is 2.37. The first-order chi connectivity index (χ1) is 8.11. The van der Waals surface area contributed by atoms with Gasteiger partial charge in [-0.2, -0.15) is 0 Å². The van der Waals surface area contributed by atoms with Gasteiger partial charge in [-0.3, -0.25) is 0 Å². The molecule has 0 aliphatic rings. The van der Waals surface area contributed by atoms with E-state index in [9.17, 15) is 0 Å². The topological polar surface area (TPSA) is 0 Å². The fourth-order valence-corrected chi connectivity index (χ4v) is 2.73. The number of hydrogen-bond acceptors (Lipinski definition) is 1. The summed E-state index contributed by atoms with van der Waals surface area (Å²) < 4.78 is 0. The average molecular weight is 304 g/mol. The highest BCUT2D eigenvalue weighted by molar-refractivity contribution is 7.98. The second-order valence-corrected chi connectivity index (χ2v) is 5.58. The summed E-state index contributed by atoms with van der Waals surface area (Å²) in [7, 11) is 0. The molecule has 0 bridgehead atoms. The standard InChI is InChI=1S/C13H9Cl3S/c1-17-10-4-2-3-8(5-10)11-6-9(14)7-12(15)13(11)16/h2-7H,1H3. The third-order valence-electron chi connectivity index (χ3n) is 2.37. The zero-order chi connectivity index (χ0) is 12.4.